The predicted octanol–water partition coefficient (Wildman–Crippen LogP) is 4.26. The van der Waals surface area contributed by atoms with E-state index in [2.05, 4.69) is 38.0 Å². The number of carbonyl (C=O) groups is 1. The molecule has 1 N–H and O–H groups in total. The number of nitrogens with zero attached hydrogens (tertiary/aromatic N) is 2. The highest BCUT2D eigenvalue weighted by atomic mass is 79.9. The van der Waals surface area contributed by atoms with Gasteiger partial charge in [-0.1, -0.05) is 28.1 Å². The summed E-state index contributed by atoms with van der Waals surface area (Å²) in [6.07, 6.45) is 3.05. The molecule has 1 aromatic heterocycles. The topological polar surface area (TPSA) is 58.2 Å². The Balaban J connectivity index is 1.64. The van der Waals surface area contributed by atoms with Gasteiger partial charge in [0, 0.05) is 10.5 Å². The molecule has 0 fully saturated rings. The molecule has 6 heteroatoms. The van der Waals surface area contributed by atoms with Gasteiger partial charge < -0.3 is 14.6 Å². The minimum absolute atomic E-state index is 0.0699. The monoisotopic (exact) mass is 401 g/mol. The van der Waals surface area contributed by atoms with E-state index in [9.17, 15) is 4.79 Å². The second-order valence-electron chi connectivity index (χ2n) is 6.06. The highest BCUT2D eigenvalue weighted by Crippen LogP contribution is 2.24. The quantitative estimate of drug-likeness (QED) is 0.671. The summed E-state index contributed by atoms with van der Waals surface area (Å²) in [4.78, 5) is 21.0. The Morgan fingerprint density at radius 1 is 1.24 bits per heavy atom. The molecule has 0 saturated carbocycles. The maximum absolute atomic E-state index is 12.5. The van der Waals surface area contributed by atoms with Crippen molar-refractivity contribution in [3.05, 3.63) is 59.1 Å². The summed E-state index contributed by atoms with van der Waals surface area (Å²) in [5.41, 5.74) is 0.491. The van der Waals surface area contributed by atoms with Gasteiger partial charge in [-0.2, -0.15) is 0 Å². The Bertz CT molecular complexity index is 862. The molecule has 0 aliphatic heterocycles. The molecule has 130 valence electrons. The third-order valence-electron chi connectivity index (χ3n) is 3.99. The lowest BCUT2D eigenvalue weighted by atomic mass is 10.1. The number of rotatable bonds is 6. The number of aromatic amines is 1. The van der Waals surface area contributed by atoms with E-state index in [-0.39, 0.29) is 11.9 Å². The first-order chi connectivity index (χ1) is 12.0. The summed E-state index contributed by atoms with van der Waals surface area (Å²) < 4.78 is 6.92. The van der Waals surface area contributed by atoms with Crippen molar-refractivity contribution in [2.75, 3.05) is 13.2 Å². The normalized spacial score (nSPS) is 11.0. The standard InChI is InChI=1S/C19H20BrN3O2/c1-13(2)23(19(24)18-11-21-12-22-18)7-8-25-17-6-4-14-9-16(20)5-3-15(14)10-17/h3-6,9-13H,7-8H2,1-2H3,(H,21,22). The van der Waals surface area contributed by atoms with Gasteiger partial charge in [0.2, 0.25) is 0 Å². The van der Waals surface area contributed by atoms with E-state index in [0.29, 0.717) is 18.8 Å². The van der Waals surface area contributed by atoms with Crippen LogP contribution in [-0.4, -0.2) is 40.0 Å². The van der Waals surface area contributed by atoms with Crippen molar-refractivity contribution in [3.63, 3.8) is 0 Å². The number of amides is 1. The van der Waals surface area contributed by atoms with E-state index in [0.717, 1.165) is 21.0 Å². The number of benzene rings is 2. The first-order valence-corrected chi connectivity index (χ1v) is 8.95. The number of H-pyrrole nitrogens is 1. The fourth-order valence-corrected chi connectivity index (χ4v) is 3.05. The fraction of sp³-hybridized carbons (Fsp3) is 0.263. The number of carbonyl (C=O) groups excluding carboxylic acids is 1. The minimum atomic E-state index is -0.0699. The Kier molecular flexibility index (Phi) is 5.38. The Morgan fingerprint density at radius 3 is 2.72 bits per heavy atom. The molecule has 3 rings (SSSR count). The summed E-state index contributed by atoms with van der Waals surface area (Å²) in [7, 11) is 0. The van der Waals surface area contributed by atoms with Crippen molar-refractivity contribution in [1.82, 2.24) is 14.9 Å². The molecule has 0 aliphatic rings. The van der Waals surface area contributed by atoms with Gasteiger partial charge in [0.1, 0.15) is 18.1 Å². The van der Waals surface area contributed by atoms with Crippen LogP contribution < -0.4 is 4.74 Å². The molecule has 3 aromatic rings. The first-order valence-electron chi connectivity index (χ1n) is 8.16. The number of ether oxygens (including phenoxy) is 1. The number of hydrogen-bond acceptors (Lipinski definition) is 3. The second kappa shape index (κ2) is 7.70. The lowest BCUT2D eigenvalue weighted by molar-refractivity contribution is 0.0669. The molecule has 5 nitrogen and oxygen atoms in total. The zero-order valence-corrected chi connectivity index (χ0v) is 15.8. The lowest BCUT2D eigenvalue weighted by Crippen LogP contribution is -2.40. The van der Waals surface area contributed by atoms with Crippen molar-refractivity contribution in [1.29, 1.82) is 0 Å². The van der Waals surface area contributed by atoms with Gasteiger partial charge in [-0.05, 0) is 48.9 Å². The van der Waals surface area contributed by atoms with Crippen LogP contribution in [0.25, 0.3) is 10.8 Å². The summed E-state index contributed by atoms with van der Waals surface area (Å²) in [5.74, 6) is 0.729. The maximum Gasteiger partial charge on any atom is 0.272 e. The molecule has 0 bridgehead atoms. The predicted molar refractivity (Wildman–Crippen MR) is 102 cm³/mol. The van der Waals surface area contributed by atoms with Gasteiger partial charge in [0.05, 0.1) is 19.1 Å². The van der Waals surface area contributed by atoms with Crippen LogP contribution in [0, 0.1) is 0 Å². The van der Waals surface area contributed by atoms with E-state index >= 15 is 0 Å². The van der Waals surface area contributed by atoms with Crippen LogP contribution in [0.15, 0.2) is 53.4 Å². The molecule has 25 heavy (non-hydrogen) atoms. The summed E-state index contributed by atoms with van der Waals surface area (Å²) in [5, 5.41) is 2.27. The molecule has 0 radical (unpaired) electrons. The highest BCUT2D eigenvalue weighted by Gasteiger charge is 2.19. The van der Waals surface area contributed by atoms with Crippen LogP contribution in [0.5, 0.6) is 5.75 Å². The van der Waals surface area contributed by atoms with E-state index in [1.165, 1.54) is 6.33 Å². The van der Waals surface area contributed by atoms with Gasteiger partial charge in [-0.3, -0.25) is 4.79 Å². The molecule has 0 spiro atoms. The van der Waals surface area contributed by atoms with Gasteiger partial charge in [0.15, 0.2) is 0 Å². The molecule has 0 atom stereocenters. The van der Waals surface area contributed by atoms with Crippen LogP contribution in [0.4, 0.5) is 0 Å². The summed E-state index contributed by atoms with van der Waals surface area (Å²) in [6, 6.07) is 12.2. The molecule has 0 saturated heterocycles. The molecule has 0 unspecified atom stereocenters. The summed E-state index contributed by atoms with van der Waals surface area (Å²) in [6.45, 7) is 4.91. The third kappa shape index (κ3) is 4.20. The molecule has 1 heterocycles. The van der Waals surface area contributed by atoms with Gasteiger partial charge in [0.25, 0.3) is 5.91 Å². The van der Waals surface area contributed by atoms with Crippen LogP contribution in [0.1, 0.15) is 24.3 Å². The van der Waals surface area contributed by atoms with E-state index in [1.54, 1.807) is 11.1 Å². The first kappa shape index (κ1) is 17.5. The van der Waals surface area contributed by atoms with Crippen molar-refractivity contribution in [2.24, 2.45) is 0 Å². The van der Waals surface area contributed by atoms with Crippen LogP contribution >= 0.6 is 15.9 Å². The maximum atomic E-state index is 12.5. The van der Waals surface area contributed by atoms with Crippen LogP contribution in [0.2, 0.25) is 0 Å². The average Bonchev–Trinajstić information content (AvgIpc) is 3.12. The molecule has 0 aliphatic carbocycles. The SMILES string of the molecule is CC(C)N(CCOc1ccc2cc(Br)ccc2c1)C(=O)c1cnc[nH]1. The largest absolute Gasteiger partial charge is 0.492 e. The van der Waals surface area contributed by atoms with Crippen molar-refractivity contribution >= 4 is 32.6 Å². The third-order valence-corrected chi connectivity index (χ3v) is 4.48. The van der Waals surface area contributed by atoms with Crippen molar-refractivity contribution < 1.29 is 9.53 Å². The smallest absolute Gasteiger partial charge is 0.272 e. The number of halogens is 1. The zero-order valence-electron chi connectivity index (χ0n) is 14.2. The number of aromatic nitrogens is 2. The van der Waals surface area contributed by atoms with Crippen LogP contribution in [0.3, 0.4) is 0 Å². The van der Waals surface area contributed by atoms with Gasteiger partial charge in [-0.25, -0.2) is 4.98 Å². The van der Waals surface area contributed by atoms with Crippen LogP contribution in [-0.2, 0) is 0 Å². The highest BCUT2D eigenvalue weighted by molar-refractivity contribution is 9.10. The molecule has 1 amide bonds. The zero-order chi connectivity index (χ0) is 17.8. The second-order valence-corrected chi connectivity index (χ2v) is 6.97. The summed E-state index contributed by atoms with van der Waals surface area (Å²) >= 11 is 3.48. The number of fused-ring (bicyclic) bond motifs is 1. The van der Waals surface area contributed by atoms with E-state index in [1.807, 2.05) is 38.1 Å². The Labute approximate surface area is 155 Å². The van der Waals surface area contributed by atoms with Crippen molar-refractivity contribution in [2.45, 2.75) is 19.9 Å². The molecular formula is C19H20BrN3O2. The Morgan fingerprint density at radius 2 is 2.00 bits per heavy atom. The number of imidazole rings is 1. The molecule has 2 aromatic carbocycles. The number of hydrogen-bond donors (Lipinski definition) is 1. The lowest BCUT2D eigenvalue weighted by Gasteiger charge is -2.26. The van der Waals surface area contributed by atoms with Gasteiger partial charge in [-0.15, -0.1) is 0 Å². The Hall–Kier alpha value is -2.34. The van der Waals surface area contributed by atoms with Gasteiger partial charge >= 0.3 is 0 Å². The average molecular weight is 402 g/mol. The number of nitrogens with one attached hydrogen (secondary N) is 1. The fourth-order valence-electron chi connectivity index (χ4n) is 2.67. The minimum Gasteiger partial charge on any atom is -0.492 e. The van der Waals surface area contributed by atoms with Crippen molar-refractivity contribution in [3.8, 4) is 5.75 Å². The molecular weight excluding hydrogens is 382 g/mol. The van der Waals surface area contributed by atoms with E-state index in [4.69, 9.17) is 4.74 Å². The van der Waals surface area contributed by atoms with E-state index < -0.39 is 0 Å².